The lowest BCUT2D eigenvalue weighted by atomic mass is 10.1. The smallest absolute Gasteiger partial charge is 0.251 e. The van der Waals surface area contributed by atoms with Crippen molar-refractivity contribution < 1.29 is 9.53 Å². The molecule has 3 rings (SSSR count). The molecule has 0 saturated carbocycles. The van der Waals surface area contributed by atoms with E-state index in [1.54, 1.807) is 4.90 Å². The van der Waals surface area contributed by atoms with E-state index in [0.717, 1.165) is 35.5 Å². The summed E-state index contributed by atoms with van der Waals surface area (Å²) >= 11 is 0. The topological polar surface area (TPSA) is 47.4 Å². The lowest BCUT2D eigenvalue weighted by Crippen LogP contribution is -2.35. The Morgan fingerprint density at radius 2 is 2.09 bits per heavy atom. The third-order valence-electron chi connectivity index (χ3n) is 4.42. The molecular weight excluding hydrogens is 290 g/mol. The van der Waals surface area contributed by atoms with Crippen molar-refractivity contribution in [1.82, 2.24) is 14.7 Å². The summed E-state index contributed by atoms with van der Waals surface area (Å²) in [4.78, 5) is 14.2. The number of ether oxygens (including phenoxy) is 1. The van der Waals surface area contributed by atoms with E-state index in [9.17, 15) is 4.79 Å². The Balaban J connectivity index is 1.80. The first-order chi connectivity index (χ1) is 11.1. The number of rotatable bonds is 4. The number of aromatic nitrogens is 2. The van der Waals surface area contributed by atoms with Gasteiger partial charge in [-0.25, -0.2) is 4.68 Å². The molecule has 122 valence electrons. The fourth-order valence-electron chi connectivity index (χ4n) is 3.06. The summed E-state index contributed by atoms with van der Waals surface area (Å²) in [7, 11) is 1.84. The Bertz CT molecular complexity index is 688. The van der Waals surface area contributed by atoms with Crippen LogP contribution in [-0.2, 0) is 16.1 Å². The molecule has 1 saturated heterocycles. The fourth-order valence-corrected chi connectivity index (χ4v) is 3.06. The number of likely N-dealkylation sites (N-methyl/N-ethyl adjacent to an activating group) is 1. The number of benzene rings is 1. The van der Waals surface area contributed by atoms with E-state index in [1.165, 1.54) is 0 Å². The van der Waals surface area contributed by atoms with Gasteiger partial charge in [0.2, 0.25) is 0 Å². The highest BCUT2D eigenvalue weighted by atomic mass is 16.5. The minimum Gasteiger partial charge on any atom is -0.368 e. The van der Waals surface area contributed by atoms with Crippen molar-refractivity contribution in [3.8, 4) is 5.69 Å². The third-order valence-corrected chi connectivity index (χ3v) is 4.42. The van der Waals surface area contributed by atoms with E-state index in [0.29, 0.717) is 13.2 Å². The molecule has 5 heteroatoms. The van der Waals surface area contributed by atoms with Gasteiger partial charge in [-0.05, 0) is 38.8 Å². The highest BCUT2D eigenvalue weighted by molar-refractivity contribution is 5.80. The molecule has 0 N–H and O–H groups in total. The van der Waals surface area contributed by atoms with Gasteiger partial charge in [-0.1, -0.05) is 18.2 Å². The van der Waals surface area contributed by atoms with Crippen LogP contribution in [0.1, 0.15) is 29.8 Å². The van der Waals surface area contributed by atoms with Crippen LogP contribution in [0.15, 0.2) is 30.3 Å². The maximum atomic E-state index is 12.4. The van der Waals surface area contributed by atoms with E-state index in [4.69, 9.17) is 4.74 Å². The highest BCUT2D eigenvalue weighted by Gasteiger charge is 2.27. The van der Waals surface area contributed by atoms with Crippen molar-refractivity contribution in [1.29, 1.82) is 0 Å². The Morgan fingerprint density at radius 1 is 1.35 bits per heavy atom. The van der Waals surface area contributed by atoms with Gasteiger partial charge in [0.25, 0.3) is 5.91 Å². The largest absolute Gasteiger partial charge is 0.368 e. The maximum Gasteiger partial charge on any atom is 0.251 e. The average molecular weight is 313 g/mol. The molecule has 2 aromatic rings. The summed E-state index contributed by atoms with van der Waals surface area (Å²) in [6.45, 7) is 5.29. The zero-order valence-electron chi connectivity index (χ0n) is 14.0. The second-order valence-corrected chi connectivity index (χ2v) is 6.09. The van der Waals surface area contributed by atoms with E-state index < -0.39 is 0 Å². The van der Waals surface area contributed by atoms with E-state index in [-0.39, 0.29) is 12.0 Å². The zero-order valence-corrected chi connectivity index (χ0v) is 14.0. The molecule has 1 aromatic heterocycles. The standard InChI is InChI=1S/C18H23N3O2/c1-13-16(12-20(3)18(22)17-10-7-11-23-17)14(2)21(19-13)15-8-5-4-6-9-15/h4-6,8-9,17H,7,10-12H2,1-3H3/t17-/m0/s1. The minimum absolute atomic E-state index is 0.0637. The summed E-state index contributed by atoms with van der Waals surface area (Å²) in [6, 6.07) is 10.1. The number of aryl methyl sites for hydroxylation is 1. The van der Waals surface area contributed by atoms with Gasteiger partial charge < -0.3 is 9.64 Å². The van der Waals surface area contributed by atoms with Crippen molar-refractivity contribution in [2.45, 2.75) is 39.3 Å². The van der Waals surface area contributed by atoms with Crippen LogP contribution in [-0.4, -0.2) is 40.3 Å². The van der Waals surface area contributed by atoms with Gasteiger partial charge >= 0.3 is 0 Å². The Kier molecular flexibility index (Phi) is 4.48. The van der Waals surface area contributed by atoms with Crippen LogP contribution in [0.5, 0.6) is 0 Å². The molecule has 1 aliphatic heterocycles. The van der Waals surface area contributed by atoms with Crippen molar-refractivity contribution in [3.05, 3.63) is 47.3 Å². The third kappa shape index (κ3) is 3.15. The fraction of sp³-hybridized carbons (Fsp3) is 0.444. The number of hydrogen-bond acceptors (Lipinski definition) is 3. The predicted molar refractivity (Wildman–Crippen MR) is 88.5 cm³/mol. The van der Waals surface area contributed by atoms with Crippen LogP contribution in [0, 0.1) is 13.8 Å². The Hall–Kier alpha value is -2.14. The molecule has 1 aliphatic rings. The second-order valence-electron chi connectivity index (χ2n) is 6.09. The van der Waals surface area contributed by atoms with Crippen LogP contribution in [0.25, 0.3) is 5.69 Å². The van der Waals surface area contributed by atoms with Gasteiger partial charge in [0.1, 0.15) is 6.10 Å². The maximum absolute atomic E-state index is 12.4. The van der Waals surface area contributed by atoms with Gasteiger partial charge in [0.05, 0.1) is 11.4 Å². The molecule has 1 amide bonds. The van der Waals surface area contributed by atoms with Crippen LogP contribution < -0.4 is 0 Å². The highest BCUT2D eigenvalue weighted by Crippen LogP contribution is 2.21. The molecule has 1 fully saturated rings. The Labute approximate surface area is 136 Å². The van der Waals surface area contributed by atoms with Crippen LogP contribution in [0.2, 0.25) is 0 Å². The number of nitrogens with zero attached hydrogens (tertiary/aromatic N) is 3. The summed E-state index contributed by atoms with van der Waals surface area (Å²) in [5.41, 5.74) is 4.16. The number of carbonyl (C=O) groups is 1. The van der Waals surface area contributed by atoms with Gasteiger partial charge in [0, 0.05) is 31.5 Å². The number of hydrogen-bond donors (Lipinski definition) is 0. The van der Waals surface area contributed by atoms with Crippen molar-refractivity contribution in [2.75, 3.05) is 13.7 Å². The molecule has 0 aliphatic carbocycles. The normalized spacial score (nSPS) is 17.4. The number of carbonyl (C=O) groups excluding carboxylic acids is 1. The van der Waals surface area contributed by atoms with Crippen molar-refractivity contribution in [3.63, 3.8) is 0 Å². The van der Waals surface area contributed by atoms with E-state index >= 15 is 0 Å². The molecule has 1 atom stereocenters. The van der Waals surface area contributed by atoms with E-state index in [2.05, 4.69) is 5.10 Å². The van der Waals surface area contributed by atoms with Crippen molar-refractivity contribution >= 4 is 5.91 Å². The average Bonchev–Trinajstić information content (AvgIpc) is 3.19. The molecule has 23 heavy (non-hydrogen) atoms. The Morgan fingerprint density at radius 3 is 2.74 bits per heavy atom. The molecule has 2 heterocycles. The molecule has 0 radical (unpaired) electrons. The first kappa shape index (κ1) is 15.7. The summed E-state index contributed by atoms with van der Waals surface area (Å²) in [5.74, 6) is 0.0637. The summed E-state index contributed by atoms with van der Waals surface area (Å²) in [6.07, 6.45) is 1.52. The second kappa shape index (κ2) is 6.54. The van der Waals surface area contributed by atoms with Gasteiger partial charge in [-0.3, -0.25) is 4.79 Å². The van der Waals surface area contributed by atoms with Crippen LogP contribution >= 0.6 is 0 Å². The molecule has 1 aromatic carbocycles. The van der Waals surface area contributed by atoms with Gasteiger partial charge in [0.15, 0.2) is 0 Å². The number of para-hydroxylation sites is 1. The molecule has 0 spiro atoms. The summed E-state index contributed by atoms with van der Waals surface area (Å²) in [5, 5.41) is 4.64. The van der Waals surface area contributed by atoms with Crippen molar-refractivity contribution in [2.24, 2.45) is 0 Å². The lowest BCUT2D eigenvalue weighted by molar-refractivity contribution is -0.140. The number of amides is 1. The first-order valence-corrected chi connectivity index (χ1v) is 8.05. The van der Waals surface area contributed by atoms with Gasteiger partial charge in [-0.2, -0.15) is 5.10 Å². The van der Waals surface area contributed by atoms with Gasteiger partial charge in [-0.15, -0.1) is 0 Å². The molecule has 0 unspecified atom stereocenters. The monoisotopic (exact) mass is 313 g/mol. The quantitative estimate of drug-likeness (QED) is 0.872. The predicted octanol–water partition coefficient (Wildman–Crippen LogP) is 2.63. The molecular formula is C18H23N3O2. The SMILES string of the molecule is Cc1nn(-c2ccccc2)c(C)c1CN(C)C(=O)[C@@H]1CCCO1. The summed E-state index contributed by atoms with van der Waals surface area (Å²) < 4.78 is 7.44. The lowest BCUT2D eigenvalue weighted by Gasteiger charge is -2.20. The molecule has 5 nitrogen and oxygen atoms in total. The van der Waals surface area contributed by atoms with Crippen LogP contribution in [0.3, 0.4) is 0 Å². The van der Waals surface area contributed by atoms with E-state index in [1.807, 2.05) is 55.9 Å². The molecule has 0 bridgehead atoms. The zero-order chi connectivity index (χ0) is 16.4. The van der Waals surface area contributed by atoms with Crippen LogP contribution in [0.4, 0.5) is 0 Å². The first-order valence-electron chi connectivity index (χ1n) is 8.05. The minimum atomic E-state index is -0.273.